The van der Waals surface area contributed by atoms with Gasteiger partial charge >= 0.3 is 0 Å². The zero-order chi connectivity index (χ0) is 11.5. The fourth-order valence-corrected chi connectivity index (χ4v) is 1.48. The highest BCUT2D eigenvalue weighted by atomic mass is 16.5. The number of methoxy groups -OCH3 is 1. The summed E-state index contributed by atoms with van der Waals surface area (Å²) in [6, 6.07) is 3.50. The van der Waals surface area contributed by atoms with Crippen molar-refractivity contribution in [3.05, 3.63) is 42.1 Å². The van der Waals surface area contributed by atoms with Gasteiger partial charge in [-0.05, 0) is 6.07 Å². The minimum absolute atomic E-state index is 0.529. The molecule has 1 N–H and O–H groups in total. The molecular weight excluding hydrogens is 206 g/mol. The maximum absolute atomic E-state index is 10.1. The second-order valence-corrected chi connectivity index (χ2v) is 3.47. The molecule has 5 nitrogen and oxygen atoms in total. The number of ether oxygens (including phenoxy) is 1. The van der Waals surface area contributed by atoms with Crippen molar-refractivity contribution in [2.75, 3.05) is 7.11 Å². The van der Waals surface area contributed by atoms with Crippen molar-refractivity contribution < 1.29 is 9.84 Å². The first-order valence-corrected chi connectivity index (χ1v) is 4.86. The molecular formula is C11H13N3O2. The maximum Gasteiger partial charge on any atom is 0.212 e. The molecule has 2 aromatic rings. The molecule has 0 saturated carbocycles. The van der Waals surface area contributed by atoms with Gasteiger partial charge in [-0.25, -0.2) is 9.97 Å². The molecule has 5 heteroatoms. The average Bonchev–Trinajstić information content (AvgIpc) is 2.75. The summed E-state index contributed by atoms with van der Waals surface area (Å²) in [7, 11) is 3.39. The monoisotopic (exact) mass is 219 g/mol. The first-order chi connectivity index (χ1) is 7.72. The van der Waals surface area contributed by atoms with Gasteiger partial charge in [0, 0.05) is 24.9 Å². The number of aryl methyl sites for hydroxylation is 1. The number of aromatic nitrogens is 3. The summed E-state index contributed by atoms with van der Waals surface area (Å²) in [4.78, 5) is 8.01. The quantitative estimate of drug-likeness (QED) is 0.833. The Morgan fingerprint density at radius 3 is 2.69 bits per heavy atom. The summed E-state index contributed by atoms with van der Waals surface area (Å²) >= 11 is 0. The first kappa shape index (κ1) is 10.6. The lowest BCUT2D eigenvalue weighted by molar-refractivity contribution is 0.211. The van der Waals surface area contributed by atoms with Crippen LogP contribution in [-0.2, 0) is 7.05 Å². The molecule has 0 spiro atoms. The standard InChI is InChI=1S/C11H13N3O2/c1-14-7-12-6-9(14)11(15)8-3-4-10(16-2)13-5-8/h3-7,11,15H,1-2H3. The summed E-state index contributed by atoms with van der Waals surface area (Å²) in [5, 5.41) is 10.1. The van der Waals surface area contributed by atoms with E-state index in [9.17, 15) is 5.11 Å². The molecule has 16 heavy (non-hydrogen) atoms. The SMILES string of the molecule is COc1ccc(C(O)c2cncn2C)cn1. The van der Waals surface area contributed by atoms with Crippen LogP contribution in [0.25, 0.3) is 0 Å². The van der Waals surface area contributed by atoms with Crippen LogP contribution in [0.1, 0.15) is 17.4 Å². The van der Waals surface area contributed by atoms with E-state index in [1.807, 2.05) is 7.05 Å². The number of nitrogens with zero attached hydrogens (tertiary/aromatic N) is 3. The second-order valence-electron chi connectivity index (χ2n) is 3.47. The van der Waals surface area contributed by atoms with Crippen LogP contribution in [0.5, 0.6) is 5.88 Å². The largest absolute Gasteiger partial charge is 0.481 e. The van der Waals surface area contributed by atoms with Gasteiger partial charge in [0.25, 0.3) is 0 Å². The van der Waals surface area contributed by atoms with Crippen LogP contribution in [-0.4, -0.2) is 26.8 Å². The third kappa shape index (κ3) is 1.90. The zero-order valence-electron chi connectivity index (χ0n) is 9.16. The van der Waals surface area contributed by atoms with Gasteiger partial charge in [0.05, 0.1) is 25.3 Å². The molecule has 0 aliphatic carbocycles. The minimum atomic E-state index is -0.717. The lowest BCUT2D eigenvalue weighted by Gasteiger charge is -2.11. The van der Waals surface area contributed by atoms with Crippen LogP contribution >= 0.6 is 0 Å². The van der Waals surface area contributed by atoms with Crippen LogP contribution < -0.4 is 4.74 Å². The van der Waals surface area contributed by atoms with E-state index in [1.165, 1.54) is 0 Å². The average molecular weight is 219 g/mol. The molecule has 0 amide bonds. The molecule has 0 aliphatic heterocycles. The van der Waals surface area contributed by atoms with Gasteiger partial charge in [0.1, 0.15) is 6.10 Å². The molecule has 0 fully saturated rings. The van der Waals surface area contributed by atoms with E-state index in [0.717, 1.165) is 5.69 Å². The zero-order valence-corrected chi connectivity index (χ0v) is 9.16. The van der Waals surface area contributed by atoms with Gasteiger partial charge in [-0.3, -0.25) is 0 Å². The van der Waals surface area contributed by atoms with Crippen molar-refractivity contribution in [2.24, 2.45) is 7.05 Å². The van der Waals surface area contributed by atoms with Crippen molar-refractivity contribution in [1.82, 2.24) is 14.5 Å². The van der Waals surface area contributed by atoms with E-state index in [4.69, 9.17) is 4.74 Å². The number of pyridine rings is 1. The van der Waals surface area contributed by atoms with Crippen LogP contribution in [0.15, 0.2) is 30.9 Å². The van der Waals surface area contributed by atoms with E-state index < -0.39 is 6.10 Å². The Morgan fingerprint density at radius 2 is 2.19 bits per heavy atom. The molecule has 0 aliphatic rings. The number of aliphatic hydroxyl groups is 1. The molecule has 84 valence electrons. The highest BCUT2D eigenvalue weighted by molar-refractivity contribution is 5.25. The molecule has 2 heterocycles. The Bertz CT molecular complexity index is 464. The number of hydrogen-bond acceptors (Lipinski definition) is 4. The van der Waals surface area contributed by atoms with Gasteiger partial charge < -0.3 is 14.4 Å². The summed E-state index contributed by atoms with van der Waals surface area (Å²) in [5.74, 6) is 0.529. The predicted molar refractivity (Wildman–Crippen MR) is 58.1 cm³/mol. The predicted octanol–water partition coefficient (Wildman–Crippen LogP) is 0.905. The fraction of sp³-hybridized carbons (Fsp3) is 0.273. The molecule has 2 rings (SSSR count). The van der Waals surface area contributed by atoms with Gasteiger partial charge in [-0.15, -0.1) is 0 Å². The summed E-state index contributed by atoms with van der Waals surface area (Å²) in [6.45, 7) is 0. The van der Waals surface area contributed by atoms with Crippen molar-refractivity contribution in [3.8, 4) is 5.88 Å². The van der Waals surface area contributed by atoms with Crippen LogP contribution in [0.4, 0.5) is 0 Å². The Balaban J connectivity index is 2.27. The van der Waals surface area contributed by atoms with E-state index in [-0.39, 0.29) is 0 Å². The molecule has 2 aromatic heterocycles. The Morgan fingerprint density at radius 1 is 1.38 bits per heavy atom. The van der Waals surface area contributed by atoms with Crippen molar-refractivity contribution >= 4 is 0 Å². The van der Waals surface area contributed by atoms with E-state index in [1.54, 1.807) is 42.5 Å². The maximum atomic E-state index is 10.1. The molecule has 0 radical (unpaired) electrons. The first-order valence-electron chi connectivity index (χ1n) is 4.86. The highest BCUT2D eigenvalue weighted by Crippen LogP contribution is 2.21. The summed E-state index contributed by atoms with van der Waals surface area (Å²) < 4.78 is 6.73. The third-order valence-corrected chi connectivity index (χ3v) is 2.42. The number of rotatable bonds is 3. The Kier molecular flexibility index (Phi) is 2.87. The van der Waals surface area contributed by atoms with Crippen LogP contribution in [0.2, 0.25) is 0 Å². The van der Waals surface area contributed by atoms with Gasteiger partial charge in [0.2, 0.25) is 5.88 Å². The van der Waals surface area contributed by atoms with E-state index >= 15 is 0 Å². The number of imidazole rings is 1. The van der Waals surface area contributed by atoms with Crippen molar-refractivity contribution in [3.63, 3.8) is 0 Å². The Hall–Kier alpha value is -1.88. The highest BCUT2D eigenvalue weighted by Gasteiger charge is 2.14. The molecule has 0 saturated heterocycles. The second kappa shape index (κ2) is 4.32. The lowest BCUT2D eigenvalue weighted by atomic mass is 10.1. The third-order valence-electron chi connectivity index (χ3n) is 2.42. The number of hydrogen-bond donors (Lipinski definition) is 1. The minimum Gasteiger partial charge on any atom is -0.481 e. The van der Waals surface area contributed by atoms with Crippen molar-refractivity contribution in [2.45, 2.75) is 6.10 Å². The molecule has 1 unspecified atom stereocenters. The molecule has 1 atom stereocenters. The molecule has 0 aromatic carbocycles. The Labute approximate surface area is 93.3 Å². The summed E-state index contributed by atoms with van der Waals surface area (Å²) in [5.41, 5.74) is 1.44. The normalized spacial score (nSPS) is 12.4. The fourth-order valence-electron chi connectivity index (χ4n) is 1.48. The van der Waals surface area contributed by atoms with E-state index in [2.05, 4.69) is 9.97 Å². The van der Waals surface area contributed by atoms with Gasteiger partial charge in [-0.2, -0.15) is 0 Å². The van der Waals surface area contributed by atoms with E-state index in [0.29, 0.717) is 11.4 Å². The lowest BCUT2D eigenvalue weighted by Crippen LogP contribution is -2.05. The topological polar surface area (TPSA) is 60.2 Å². The van der Waals surface area contributed by atoms with Crippen molar-refractivity contribution in [1.29, 1.82) is 0 Å². The smallest absolute Gasteiger partial charge is 0.212 e. The summed E-state index contributed by atoms with van der Waals surface area (Å²) in [6.07, 6.45) is 4.16. The van der Waals surface area contributed by atoms with Gasteiger partial charge in [-0.1, -0.05) is 0 Å². The van der Waals surface area contributed by atoms with Gasteiger partial charge in [0.15, 0.2) is 0 Å². The molecule has 0 bridgehead atoms. The van der Waals surface area contributed by atoms with Crippen LogP contribution in [0.3, 0.4) is 0 Å². The van der Waals surface area contributed by atoms with Crippen LogP contribution in [0, 0.1) is 0 Å². The number of aliphatic hydroxyl groups excluding tert-OH is 1.